The van der Waals surface area contributed by atoms with Gasteiger partial charge in [0.2, 0.25) is 0 Å². The van der Waals surface area contributed by atoms with E-state index in [4.69, 9.17) is 0 Å². The van der Waals surface area contributed by atoms with Crippen LogP contribution in [0.4, 0.5) is 5.69 Å². The van der Waals surface area contributed by atoms with Crippen LogP contribution in [0.5, 0.6) is 0 Å². The van der Waals surface area contributed by atoms with Gasteiger partial charge in [0, 0.05) is 3.57 Å². The minimum atomic E-state index is -3.68. The molecule has 1 N–H and O–H groups in total. The Balaban J connectivity index is 2.71. The summed E-state index contributed by atoms with van der Waals surface area (Å²) in [6, 6.07) is 11.6. The minimum absolute atomic E-state index is 0.118. The Morgan fingerprint density at radius 2 is 1.35 bits per heavy atom. The Kier molecular flexibility index (Phi) is 6.77. The zero-order valence-corrected chi connectivity index (χ0v) is 19.3. The van der Waals surface area contributed by atoms with Gasteiger partial charge in [0.15, 0.2) is 0 Å². The largest absolute Gasteiger partial charge is 0.279 e. The van der Waals surface area contributed by atoms with Crippen LogP contribution in [-0.4, -0.2) is 8.42 Å². The molecule has 0 fully saturated rings. The van der Waals surface area contributed by atoms with Crippen molar-refractivity contribution in [1.29, 1.82) is 0 Å². The topological polar surface area (TPSA) is 46.2 Å². The number of para-hydroxylation sites is 1. The maximum atomic E-state index is 13.4. The summed E-state index contributed by atoms with van der Waals surface area (Å²) in [4.78, 5) is 0.437. The second kappa shape index (κ2) is 8.30. The first-order valence-electron chi connectivity index (χ1n) is 8.99. The van der Waals surface area contributed by atoms with Crippen molar-refractivity contribution in [2.75, 3.05) is 4.72 Å². The molecule has 0 saturated carbocycles. The van der Waals surface area contributed by atoms with Gasteiger partial charge in [-0.2, -0.15) is 0 Å². The lowest BCUT2D eigenvalue weighted by Crippen LogP contribution is -2.19. The molecule has 0 unspecified atom stereocenters. The van der Waals surface area contributed by atoms with Crippen LogP contribution in [0.25, 0.3) is 0 Å². The highest BCUT2D eigenvalue weighted by atomic mass is 127. The molecule has 0 aromatic heterocycles. The molecule has 2 rings (SSSR count). The summed E-state index contributed by atoms with van der Waals surface area (Å²) in [5.41, 5.74) is 3.58. The molecule has 3 nitrogen and oxygen atoms in total. The van der Waals surface area contributed by atoms with Crippen molar-refractivity contribution >= 4 is 38.3 Å². The molecule has 0 heterocycles. The third-order valence-corrected chi connectivity index (χ3v) is 6.90. The number of nitrogens with one attached hydrogen (secondary N) is 1. The molecule has 5 heteroatoms. The minimum Gasteiger partial charge on any atom is -0.279 e. The molecule has 26 heavy (non-hydrogen) atoms. The van der Waals surface area contributed by atoms with Gasteiger partial charge < -0.3 is 0 Å². The molecule has 0 aliphatic heterocycles. The van der Waals surface area contributed by atoms with Gasteiger partial charge in [-0.15, -0.1) is 0 Å². The van der Waals surface area contributed by atoms with E-state index in [9.17, 15) is 8.42 Å². The zero-order valence-electron chi connectivity index (χ0n) is 16.3. The second-order valence-electron chi connectivity index (χ2n) is 7.58. The maximum absolute atomic E-state index is 13.4. The Morgan fingerprint density at radius 1 is 0.846 bits per heavy atom. The lowest BCUT2D eigenvalue weighted by atomic mass is 9.89. The van der Waals surface area contributed by atoms with E-state index in [0.717, 1.165) is 14.7 Å². The van der Waals surface area contributed by atoms with Crippen LogP contribution in [0.2, 0.25) is 0 Å². The van der Waals surface area contributed by atoms with Gasteiger partial charge in [-0.1, -0.05) is 65.8 Å². The summed E-state index contributed by atoms with van der Waals surface area (Å²) in [5.74, 6) is 0.588. The van der Waals surface area contributed by atoms with Crippen molar-refractivity contribution in [3.63, 3.8) is 0 Å². The predicted molar refractivity (Wildman–Crippen MR) is 119 cm³/mol. The van der Waals surface area contributed by atoms with E-state index in [1.165, 1.54) is 5.56 Å². The Morgan fingerprint density at radius 3 is 1.77 bits per heavy atom. The third-order valence-electron chi connectivity index (χ3n) is 4.47. The molecule has 0 aliphatic rings. The number of hydrogen-bond acceptors (Lipinski definition) is 2. The summed E-state index contributed by atoms with van der Waals surface area (Å²) in [7, 11) is -3.68. The van der Waals surface area contributed by atoms with E-state index in [1.54, 1.807) is 6.07 Å². The van der Waals surface area contributed by atoms with E-state index in [2.05, 4.69) is 81.0 Å². The smallest absolute Gasteiger partial charge is 0.262 e. The van der Waals surface area contributed by atoms with E-state index in [1.807, 2.05) is 18.2 Å². The van der Waals surface area contributed by atoms with Crippen molar-refractivity contribution in [1.82, 2.24) is 0 Å². The molecule has 0 aliphatic carbocycles. The highest BCUT2D eigenvalue weighted by molar-refractivity contribution is 14.1. The molecule has 0 radical (unpaired) electrons. The van der Waals surface area contributed by atoms with Crippen molar-refractivity contribution in [3.8, 4) is 0 Å². The predicted octanol–water partition coefficient (Wildman–Crippen LogP) is 6.46. The normalized spacial score (nSPS) is 12.2. The lowest BCUT2D eigenvalue weighted by Gasteiger charge is -2.23. The van der Waals surface area contributed by atoms with Crippen LogP contribution < -0.4 is 4.72 Å². The van der Waals surface area contributed by atoms with Gasteiger partial charge in [-0.25, -0.2) is 8.42 Å². The van der Waals surface area contributed by atoms with Gasteiger partial charge in [0.1, 0.15) is 0 Å². The second-order valence-corrected chi connectivity index (χ2v) is 10.4. The number of halogens is 1. The van der Waals surface area contributed by atoms with Crippen LogP contribution in [0, 0.1) is 3.57 Å². The van der Waals surface area contributed by atoms with Gasteiger partial charge in [0.05, 0.1) is 10.6 Å². The van der Waals surface area contributed by atoms with E-state index in [-0.39, 0.29) is 11.8 Å². The van der Waals surface area contributed by atoms with Gasteiger partial charge in [-0.05, 0) is 69.2 Å². The van der Waals surface area contributed by atoms with Gasteiger partial charge >= 0.3 is 0 Å². The van der Waals surface area contributed by atoms with Gasteiger partial charge in [-0.3, -0.25) is 4.72 Å². The van der Waals surface area contributed by atoms with E-state index in [0.29, 0.717) is 16.5 Å². The third kappa shape index (κ3) is 4.60. The summed E-state index contributed by atoms with van der Waals surface area (Å²) in [5, 5.41) is 0. The molecule has 2 aromatic rings. The van der Waals surface area contributed by atoms with Crippen molar-refractivity contribution < 1.29 is 8.42 Å². The summed E-state index contributed by atoms with van der Waals surface area (Å²) < 4.78 is 30.4. The molecule has 0 bridgehead atoms. The highest BCUT2D eigenvalue weighted by Crippen LogP contribution is 2.36. The average molecular weight is 485 g/mol. The van der Waals surface area contributed by atoms with Gasteiger partial charge in [0.25, 0.3) is 10.0 Å². The summed E-state index contributed by atoms with van der Waals surface area (Å²) >= 11 is 2.15. The van der Waals surface area contributed by atoms with Crippen LogP contribution in [0.1, 0.15) is 76.0 Å². The summed E-state index contributed by atoms with van der Waals surface area (Å²) in [6.07, 6.45) is 0. The number of rotatable bonds is 6. The lowest BCUT2D eigenvalue weighted by molar-refractivity contribution is 0.595. The molecule has 2 aromatic carbocycles. The Hall–Kier alpha value is -1.08. The standard InChI is InChI=1S/C21H28INO2S/c1-13(2)16-11-17(14(3)4)21(18(12-16)15(5)6)26(24,25)23-20-10-8-7-9-19(20)22/h7-15,23H,1-6H3. The fourth-order valence-electron chi connectivity index (χ4n) is 2.94. The average Bonchev–Trinajstić information content (AvgIpc) is 2.55. The molecular formula is C21H28INO2S. The van der Waals surface area contributed by atoms with Crippen molar-refractivity contribution in [2.45, 2.75) is 64.2 Å². The number of benzene rings is 2. The van der Waals surface area contributed by atoms with Crippen molar-refractivity contribution in [3.05, 3.63) is 56.7 Å². The molecule has 0 spiro atoms. The first-order chi connectivity index (χ1) is 12.0. The molecular weight excluding hydrogens is 457 g/mol. The first-order valence-corrected chi connectivity index (χ1v) is 11.6. The first kappa shape index (κ1) is 21.2. The van der Waals surface area contributed by atoms with Crippen LogP contribution >= 0.6 is 22.6 Å². The van der Waals surface area contributed by atoms with Crippen LogP contribution in [0.15, 0.2) is 41.3 Å². The number of sulfonamides is 1. The zero-order chi connectivity index (χ0) is 19.6. The fourth-order valence-corrected chi connectivity index (χ4v) is 5.42. The molecule has 0 saturated heterocycles. The quantitative estimate of drug-likeness (QED) is 0.478. The SMILES string of the molecule is CC(C)c1cc(C(C)C)c(S(=O)(=O)Nc2ccccc2I)c(C(C)C)c1. The fraction of sp³-hybridized carbons (Fsp3) is 0.429. The number of hydrogen-bond donors (Lipinski definition) is 1. The summed E-state index contributed by atoms with van der Waals surface area (Å²) in [6.45, 7) is 12.5. The van der Waals surface area contributed by atoms with Crippen molar-refractivity contribution in [2.24, 2.45) is 0 Å². The number of anilines is 1. The Bertz CT molecular complexity index is 858. The van der Waals surface area contributed by atoms with E-state index >= 15 is 0 Å². The van der Waals surface area contributed by atoms with E-state index < -0.39 is 10.0 Å². The Labute approximate surface area is 171 Å². The van der Waals surface area contributed by atoms with Crippen LogP contribution in [0.3, 0.4) is 0 Å². The monoisotopic (exact) mass is 485 g/mol. The molecule has 0 atom stereocenters. The molecule has 0 amide bonds. The maximum Gasteiger partial charge on any atom is 0.262 e. The molecule has 142 valence electrons. The van der Waals surface area contributed by atoms with Crippen LogP contribution in [-0.2, 0) is 10.0 Å². The highest BCUT2D eigenvalue weighted by Gasteiger charge is 2.27.